The number of carbonyl (C=O) groups is 1. The number of nitrogens with one attached hydrogen (secondary N) is 1. The maximum absolute atomic E-state index is 12.8. The Labute approximate surface area is 181 Å². The van der Waals surface area contributed by atoms with Crippen molar-refractivity contribution in [3.63, 3.8) is 0 Å². The topological polar surface area (TPSA) is 80.6 Å². The number of nitrogens with zero attached hydrogens (tertiary/aromatic N) is 1. The number of hydrogen-bond donors (Lipinski definition) is 1. The molecule has 0 aromatic heterocycles. The summed E-state index contributed by atoms with van der Waals surface area (Å²) in [6.45, 7) is 2.33. The van der Waals surface area contributed by atoms with Crippen LogP contribution in [0.15, 0.2) is 78.4 Å². The minimum atomic E-state index is -0.560. The number of ether oxygens (including phenoxy) is 3. The molecule has 0 aliphatic heterocycles. The summed E-state index contributed by atoms with van der Waals surface area (Å²) in [6.07, 6.45) is 1.47. The number of anilines is 1. The first-order valence-electron chi connectivity index (χ1n) is 9.71. The van der Waals surface area contributed by atoms with Crippen LogP contribution >= 0.6 is 0 Å². The minimum absolute atomic E-state index is 0.0820. The second-order valence-electron chi connectivity index (χ2n) is 6.35. The molecule has 0 heterocycles. The van der Waals surface area contributed by atoms with Gasteiger partial charge in [-0.2, -0.15) is 5.26 Å². The smallest absolute Gasteiger partial charge is 0.266 e. The fourth-order valence-electron chi connectivity index (χ4n) is 2.90. The van der Waals surface area contributed by atoms with Gasteiger partial charge >= 0.3 is 0 Å². The van der Waals surface area contributed by atoms with Crippen LogP contribution in [0.25, 0.3) is 6.08 Å². The molecule has 0 saturated heterocycles. The summed E-state index contributed by atoms with van der Waals surface area (Å²) in [6, 6.07) is 23.5. The zero-order chi connectivity index (χ0) is 22.1. The molecule has 0 radical (unpaired) electrons. The largest absolute Gasteiger partial charge is 0.492 e. The molecule has 6 nitrogen and oxygen atoms in total. The average Bonchev–Trinajstić information content (AvgIpc) is 2.79. The third kappa shape index (κ3) is 5.43. The molecule has 1 N–H and O–H groups in total. The van der Waals surface area contributed by atoms with E-state index in [0.29, 0.717) is 40.9 Å². The van der Waals surface area contributed by atoms with Gasteiger partial charge in [-0.15, -0.1) is 0 Å². The Kier molecular flexibility index (Phi) is 7.28. The lowest BCUT2D eigenvalue weighted by atomic mass is 10.1. The maximum Gasteiger partial charge on any atom is 0.266 e. The van der Waals surface area contributed by atoms with Gasteiger partial charge in [0.25, 0.3) is 5.91 Å². The van der Waals surface area contributed by atoms with Gasteiger partial charge in [0.05, 0.1) is 19.4 Å². The number of methoxy groups -OCH3 is 1. The van der Waals surface area contributed by atoms with Crippen LogP contribution < -0.4 is 19.5 Å². The summed E-state index contributed by atoms with van der Waals surface area (Å²) in [5, 5.41) is 12.3. The van der Waals surface area contributed by atoms with Crippen LogP contribution in [0.2, 0.25) is 0 Å². The third-order valence-electron chi connectivity index (χ3n) is 4.28. The molecule has 6 heteroatoms. The summed E-state index contributed by atoms with van der Waals surface area (Å²) < 4.78 is 16.9. The standard InChI is InChI=1S/C25H22N2O4/c1-3-30-23-15-9-10-18(24(23)29-2)16-19(17-26)25(28)27-21-13-7-8-14-22(21)31-20-11-5-4-6-12-20/h4-16H,3H2,1-2H3,(H,27,28)/b19-16+. The van der Waals surface area contributed by atoms with Gasteiger partial charge < -0.3 is 19.5 Å². The molecule has 3 aromatic rings. The highest BCUT2D eigenvalue weighted by atomic mass is 16.5. The Morgan fingerprint density at radius 2 is 1.71 bits per heavy atom. The molecule has 0 saturated carbocycles. The van der Waals surface area contributed by atoms with E-state index in [2.05, 4.69) is 5.32 Å². The van der Waals surface area contributed by atoms with Crippen molar-refractivity contribution in [1.82, 2.24) is 0 Å². The molecule has 3 rings (SSSR count). The summed E-state index contributed by atoms with van der Waals surface area (Å²) in [4.78, 5) is 12.8. The molecule has 0 aliphatic carbocycles. The van der Waals surface area contributed by atoms with E-state index in [0.717, 1.165) is 0 Å². The molecule has 1 amide bonds. The normalized spacial score (nSPS) is 10.7. The highest BCUT2D eigenvalue weighted by Gasteiger charge is 2.15. The summed E-state index contributed by atoms with van der Waals surface area (Å²) in [7, 11) is 1.51. The Bertz CT molecular complexity index is 1120. The lowest BCUT2D eigenvalue weighted by Crippen LogP contribution is -2.14. The van der Waals surface area contributed by atoms with Crippen molar-refractivity contribution in [2.24, 2.45) is 0 Å². The van der Waals surface area contributed by atoms with E-state index in [9.17, 15) is 10.1 Å². The Balaban J connectivity index is 1.87. The molecule has 0 aliphatic rings. The number of para-hydroxylation sites is 4. The molecule has 0 unspecified atom stereocenters. The Morgan fingerprint density at radius 3 is 2.42 bits per heavy atom. The number of benzene rings is 3. The SMILES string of the molecule is CCOc1cccc(/C=C(\C#N)C(=O)Nc2ccccc2Oc2ccccc2)c1OC. The van der Waals surface area contributed by atoms with Gasteiger partial charge in [-0.25, -0.2) is 0 Å². The van der Waals surface area contributed by atoms with Gasteiger partial charge in [0.15, 0.2) is 17.2 Å². The fraction of sp³-hybridized carbons (Fsp3) is 0.120. The van der Waals surface area contributed by atoms with Crippen LogP contribution in [-0.2, 0) is 4.79 Å². The van der Waals surface area contributed by atoms with Crippen LogP contribution in [0.4, 0.5) is 5.69 Å². The van der Waals surface area contributed by atoms with Gasteiger partial charge in [-0.1, -0.05) is 42.5 Å². The van der Waals surface area contributed by atoms with Crippen molar-refractivity contribution < 1.29 is 19.0 Å². The van der Waals surface area contributed by atoms with E-state index in [1.54, 1.807) is 42.5 Å². The highest BCUT2D eigenvalue weighted by Crippen LogP contribution is 2.33. The fourth-order valence-corrected chi connectivity index (χ4v) is 2.90. The van der Waals surface area contributed by atoms with Crippen molar-refractivity contribution in [3.8, 4) is 29.1 Å². The van der Waals surface area contributed by atoms with E-state index < -0.39 is 5.91 Å². The monoisotopic (exact) mass is 414 g/mol. The molecule has 0 fully saturated rings. The third-order valence-corrected chi connectivity index (χ3v) is 4.28. The predicted octanol–water partition coefficient (Wildman–Crippen LogP) is 5.43. The highest BCUT2D eigenvalue weighted by molar-refractivity contribution is 6.10. The van der Waals surface area contributed by atoms with Crippen molar-refractivity contribution in [1.29, 1.82) is 5.26 Å². The van der Waals surface area contributed by atoms with E-state index in [1.807, 2.05) is 43.3 Å². The van der Waals surface area contributed by atoms with Gasteiger partial charge in [-0.05, 0) is 43.3 Å². The quantitative estimate of drug-likeness (QED) is 0.393. The first-order chi connectivity index (χ1) is 15.2. The van der Waals surface area contributed by atoms with Crippen molar-refractivity contribution in [3.05, 3.63) is 83.9 Å². The predicted molar refractivity (Wildman–Crippen MR) is 119 cm³/mol. The van der Waals surface area contributed by atoms with E-state index >= 15 is 0 Å². The summed E-state index contributed by atoms with van der Waals surface area (Å²) in [5.74, 6) is 1.54. The van der Waals surface area contributed by atoms with Gasteiger partial charge in [0.2, 0.25) is 0 Å². The zero-order valence-corrected chi connectivity index (χ0v) is 17.3. The van der Waals surface area contributed by atoms with Gasteiger partial charge in [0, 0.05) is 5.56 Å². The molecule has 3 aromatic carbocycles. The molecule has 156 valence electrons. The van der Waals surface area contributed by atoms with E-state index in [-0.39, 0.29) is 5.57 Å². The molecule has 31 heavy (non-hydrogen) atoms. The molecule has 0 bridgehead atoms. The first kappa shape index (κ1) is 21.5. The zero-order valence-electron chi connectivity index (χ0n) is 17.3. The molecular formula is C25H22N2O4. The lowest BCUT2D eigenvalue weighted by molar-refractivity contribution is -0.112. The molecule has 0 spiro atoms. The summed E-state index contributed by atoms with van der Waals surface area (Å²) >= 11 is 0. The molecular weight excluding hydrogens is 392 g/mol. The number of amides is 1. The van der Waals surface area contributed by atoms with Crippen LogP contribution in [-0.4, -0.2) is 19.6 Å². The van der Waals surface area contributed by atoms with Crippen molar-refractivity contribution >= 4 is 17.7 Å². The summed E-state index contributed by atoms with van der Waals surface area (Å²) in [5.41, 5.74) is 0.933. The van der Waals surface area contributed by atoms with Crippen LogP contribution in [0.3, 0.4) is 0 Å². The number of carbonyl (C=O) groups excluding carboxylic acids is 1. The Hall–Kier alpha value is -4.24. The van der Waals surface area contributed by atoms with E-state index in [4.69, 9.17) is 14.2 Å². The van der Waals surface area contributed by atoms with Crippen molar-refractivity contribution in [2.45, 2.75) is 6.92 Å². The number of nitriles is 1. The first-order valence-corrected chi connectivity index (χ1v) is 9.71. The molecule has 0 atom stereocenters. The lowest BCUT2D eigenvalue weighted by Gasteiger charge is -2.13. The van der Waals surface area contributed by atoms with E-state index in [1.165, 1.54) is 13.2 Å². The van der Waals surface area contributed by atoms with Gasteiger partial charge in [-0.3, -0.25) is 4.79 Å². The maximum atomic E-state index is 12.8. The number of rotatable bonds is 8. The number of hydrogen-bond acceptors (Lipinski definition) is 5. The second-order valence-corrected chi connectivity index (χ2v) is 6.35. The minimum Gasteiger partial charge on any atom is -0.492 e. The van der Waals surface area contributed by atoms with Gasteiger partial charge in [0.1, 0.15) is 17.4 Å². The van der Waals surface area contributed by atoms with Crippen LogP contribution in [0, 0.1) is 11.3 Å². The van der Waals surface area contributed by atoms with Crippen LogP contribution in [0.1, 0.15) is 12.5 Å². The average molecular weight is 414 g/mol. The second kappa shape index (κ2) is 10.5. The van der Waals surface area contributed by atoms with Crippen molar-refractivity contribution in [2.75, 3.05) is 19.0 Å². The van der Waals surface area contributed by atoms with Crippen LogP contribution in [0.5, 0.6) is 23.0 Å². The Morgan fingerprint density at radius 1 is 1.00 bits per heavy atom.